The van der Waals surface area contributed by atoms with Crippen LogP contribution in [0.4, 0.5) is 5.69 Å². The first-order valence-electron chi connectivity index (χ1n) is 10.8. The topological polar surface area (TPSA) is 29.3 Å². The smallest absolute Gasteiger partial charge is 0.227 e. The summed E-state index contributed by atoms with van der Waals surface area (Å²) in [5, 5.41) is 2.31. The van der Waals surface area contributed by atoms with Gasteiger partial charge in [-0.2, -0.15) is 0 Å². The normalized spacial score (nSPS) is 35.2. The zero-order chi connectivity index (χ0) is 20.0. The summed E-state index contributed by atoms with van der Waals surface area (Å²) in [7, 11) is 0. The van der Waals surface area contributed by atoms with Gasteiger partial charge in [-0.05, 0) is 75.5 Å². The van der Waals surface area contributed by atoms with Gasteiger partial charge in [0.2, 0.25) is 5.71 Å². The van der Waals surface area contributed by atoms with Crippen LogP contribution in [0.15, 0.2) is 28.7 Å². The molecule has 5 atom stereocenters. The van der Waals surface area contributed by atoms with Crippen molar-refractivity contribution in [2.24, 2.45) is 17.3 Å². The van der Waals surface area contributed by atoms with Crippen molar-refractivity contribution >= 4 is 27.8 Å². The molecule has 3 aromatic rings. The van der Waals surface area contributed by atoms with Crippen LogP contribution in [0.25, 0.3) is 22.1 Å². The van der Waals surface area contributed by atoms with Crippen LogP contribution in [0, 0.1) is 31.1 Å². The SMILES string of the molecule is Cc1ccc2c(n1)oc1c(N3C(C)C4(C)CCC3(C)C(C)C4C)c(C)ccc12. The molecule has 1 saturated carbocycles. The van der Waals surface area contributed by atoms with E-state index in [2.05, 4.69) is 75.7 Å². The predicted molar refractivity (Wildman–Crippen MR) is 117 cm³/mol. The lowest BCUT2D eigenvalue weighted by Crippen LogP contribution is -2.72. The molecule has 1 aliphatic carbocycles. The summed E-state index contributed by atoms with van der Waals surface area (Å²) >= 11 is 0. The lowest BCUT2D eigenvalue weighted by Gasteiger charge is -2.68. The second-order valence-electron chi connectivity index (χ2n) is 10.0. The van der Waals surface area contributed by atoms with Crippen LogP contribution >= 0.6 is 0 Å². The van der Waals surface area contributed by atoms with Crippen LogP contribution in [0.2, 0.25) is 0 Å². The van der Waals surface area contributed by atoms with Crippen molar-refractivity contribution < 1.29 is 4.42 Å². The number of hydrogen-bond acceptors (Lipinski definition) is 3. The molecule has 0 amide bonds. The number of aromatic nitrogens is 1. The molecule has 0 spiro atoms. The molecule has 148 valence electrons. The average molecular weight is 377 g/mol. The molecule has 3 aliphatic rings. The van der Waals surface area contributed by atoms with E-state index in [4.69, 9.17) is 4.42 Å². The number of benzene rings is 1. The zero-order valence-electron chi connectivity index (χ0n) is 18.3. The Bertz CT molecular complexity index is 1100. The molecule has 3 heteroatoms. The van der Waals surface area contributed by atoms with E-state index in [1.165, 1.54) is 29.5 Å². The molecule has 3 nitrogen and oxygen atoms in total. The van der Waals surface area contributed by atoms with Gasteiger partial charge in [-0.25, -0.2) is 4.98 Å². The molecule has 2 saturated heterocycles. The number of nitrogens with zero attached hydrogens (tertiary/aromatic N) is 2. The minimum atomic E-state index is 0.151. The van der Waals surface area contributed by atoms with E-state index in [0.717, 1.165) is 28.3 Å². The van der Waals surface area contributed by atoms with Crippen molar-refractivity contribution in [1.29, 1.82) is 0 Å². The van der Waals surface area contributed by atoms with Crippen LogP contribution in [0.5, 0.6) is 0 Å². The summed E-state index contributed by atoms with van der Waals surface area (Å²) in [5.41, 5.74) is 5.83. The Labute approximate surface area is 168 Å². The van der Waals surface area contributed by atoms with Crippen molar-refractivity contribution in [1.82, 2.24) is 4.98 Å². The Morgan fingerprint density at radius 2 is 1.68 bits per heavy atom. The number of furan rings is 1. The van der Waals surface area contributed by atoms with Gasteiger partial charge in [0.1, 0.15) is 0 Å². The Morgan fingerprint density at radius 1 is 0.964 bits per heavy atom. The van der Waals surface area contributed by atoms with Crippen molar-refractivity contribution in [3.63, 3.8) is 0 Å². The Morgan fingerprint density at radius 3 is 2.43 bits per heavy atom. The number of hydrogen-bond donors (Lipinski definition) is 0. The second-order valence-corrected chi connectivity index (χ2v) is 10.0. The maximum Gasteiger partial charge on any atom is 0.227 e. The molecule has 1 aromatic carbocycles. The molecule has 5 unspecified atom stereocenters. The van der Waals surface area contributed by atoms with Gasteiger partial charge in [0.05, 0.1) is 5.69 Å². The number of anilines is 1. The van der Waals surface area contributed by atoms with E-state index < -0.39 is 0 Å². The fraction of sp³-hybridized carbons (Fsp3) is 0.560. The molecule has 6 rings (SSSR count). The van der Waals surface area contributed by atoms with Gasteiger partial charge in [-0.3, -0.25) is 0 Å². The quantitative estimate of drug-likeness (QED) is 0.477. The van der Waals surface area contributed by atoms with E-state index >= 15 is 0 Å². The summed E-state index contributed by atoms with van der Waals surface area (Å²) in [4.78, 5) is 7.40. The minimum Gasteiger partial charge on any atom is -0.436 e. The first kappa shape index (κ1) is 18.0. The molecule has 0 radical (unpaired) electrons. The van der Waals surface area contributed by atoms with Gasteiger partial charge in [-0.15, -0.1) is 0 Å². The largest absolute Gasteiger partial charge is 0.436 e. The molecule has 4 heterocycles. The van der Waals surface area contributed by atoms with Crippen molar-refractivity contribution in [3.8, 4) is 0 Å². The van der Waals surface area contributed by atoms with Crippen LogP contribution < -0.4 is 4.90 Å². The summed E-state index contributed by atoms with van der Waals surface area (Å²) in [5.74, 6) is 1.36. The summed E-state index contributed by atoms with van der Waals surface area (Å²) in [6.45, 7) is 16.6. The van der Waals surface area contributed by atoms with E-state index in [9.17, 15) is 0 Å². The third-order valence-corrected chi connectivity index (χ3v) is 8.90. The molecule has 2 bridgehead atoms. The van der Waals surface area contributed by atoms with Crippen LogP contribution in [0.3, 0.4) is 0 Å². The molecule has 3 fully saturated rings. The van der Waals surface area contributed by atoms with E-state index in [1.807, 2.05) is 6.92 Å². The van der Waals surface area contributed by atoms with Gasteiger partial charge in [-0.1, -0.05) is 32.9 Å². The van der Waals surface area contributed by atoms with Gasteiger partial charge in [0.25, 0.3) is 0 Å². The zero-order valence-corrected chi connectivity index (χ0v) is 18.3. The summed E-state index contributed by atoms with van der Waals surface area (Å²) in [6, 6.07) is 9.18. The van der Waals surface area contributed by atoms with Gasteiger partial charge < -0.3 is 9.32 Å². The number of rotatable bonds is 1. The van der Waals surface area contributed by atoms with Crippen molar-refractivity contribution in [2.45, 2.75) is 72.9 Å². The van der Waals surface area contributed by atoms with Crippen LogP contribution in [-0.2, 0) is 0 Å². The van der Waals surface area contributed by atoms with E-state index in [1.54, 1.807) is 0 Å². The predicted octanol–water partition coefficient (Wildman–Crippen LogP) is 6.64. The summed E-state index contributed by atoms with van der Waals surface area (Å²) < 4.78 is 6.44. The number of fused-ring (bicyclic) bond motifs is 6. The average Bonchev–Trinajstić information content (AvgIpc) is 3.01. The maximum absolute atomic E-state index is 6.44. The minimum absolute atomic E-state index is 0.151. The molecule has 0 N–H and O–H groups in total. The number of piperidine rings is 2. The Hall–Kier alpha value is -2.03. The highest BCUT2D eigenvalue weighted by molar-refractivity contribution is 6.08. The molecule has 2 aliphatic heterocycles. The fourth-order valence-corrected chi connectivity index (χ4v) is 6.40. The summed E-state index contributed by atoms with van der Waals surface area (Å²) in [6.07, 6.45) is 2.55. The first-order valence-corrected chi connectivity index (χ1v) is 10.8. The molecular formula is C25H32N2O. The van der Waals surface area contributed by atoms with Crippen LogP contribution in [-0.4, -0.2) is 16.6 Å². The van der Waals surface area contributed by atoms with Gasteiger partial charge >= 0.3 is 0 Å². The highest BCUT2D eigenvalue weighted by Gasteiger charge is 2.60. The molecule has 2 aromatic heterocycles. The monoisotopic (exact) mass is 376 g/mol. The van der Waals surface area contributed by atoms with E-state index in [-0.39, 0.29) is 5.54 Å². The third-order valence-electron chi connectivity index (χ3n) is 8.90. The van der Waals surface area contributed by atoms with Gasteiger partial charge in [0.15, 0.2) is 5.58 Å². The first-order chi connectivity index (χ1) is 13.2. The lowest BCUT2D eigenvalue weighted by atomic mass is 9.50. The third kappa shape index (κ3) is 2.03. The second kappa shape index (κ2) is 5.52. The highest BCUT2D eigenvalue weighted by atomic mass is 16.3. The maximum atomic E-state index is 6.44. The van der Waals surface area contributed by atoms with Crippen LogP contribution in [0.1, 0.15) is 58.7 Å². The van der Waals surface area contributed by atoms with E-state index in [0.29, 0.717) is 17.4 Å². The van der Waals surface area contributed by atoms with Crippen molar-refractivity contribution in [3.05, 3.63) is 35.5 Å². The Balaban J connectivity index is 1.81. The molecular weight excluding hydrogens is 344 g/mol. The Kier molecular flexibility index (Phi) is 3.56. The standard InChI is InChI=1S/C25H32N2O/c1-14-8-10-19-20-11-9-15(2)26-23(20)28-22(19)21(14)27-18(5)24(6)12-13-25(27,7)17(4)16(24)3/h8-11,16-18H,12-13H2,1-7H3. The van der Waals surface area contributed by atoms with Gasteiger partial charge in [0, 0.05) is 28.0 Å². The van der Waals surface area contributed by atoms with Crippen molar-refractivity contribution in [2.75, 3.05) is 4.90 Å². The fourth-order valence-electron chi connectivity index (χ4n) is 6.40. The lowest BCUT2D eigenvalue weighted by molar-refractivity contribution is -0.0523. The number of aryl methyl sites for hydroxylation is 2. The number of pyridine rings is 1. The molecule has 28 heavy (non-hydrogen) atoms. The highest BCUT2D eigenvalue weighted by Crippen LogP contribution is 2.61.